The zero-order valence-corrected chi connectivity index (χ0v) is 14.0. The maximum atomic E-state index is 12.5. The van der Waals surface area contributed by atoms with Gasteiger partial charge in [-0.05, 0) is 26.3 Å². The summed E-state index contributed by atoms with van der Waals surface area (Å²) in [5, 5.41) is 18.0. The van der Waals surface area contributed by atoms with Crippen molar-refractivity contribution < 1.29 is 14.7 Å². The van der Waals surface area contributed by atoms with E-state index in [1.54, 1.807) is 4.90 Å². The monoisotopic (exact) mass is 316 g/mol. The first kappa shape index (κ1) is 18.9. The first-order chi connectivity index (χ1) is 10.7. The molecule has 0 aliphatic rings. The lowest BCUT2D eigenvalue weighted by molar-refractivity contribution is -0.140. The third-order valence-corrected chi connectivity index (χ3v) is 3.43. The molecule has 1 rings (SSSR count). The summed E-state index contributed by atoms with van der Waals surface area (Å²) in [6.45, 7) is 6.19. The Balaban J connectivity index is 2.74. The van der Waals surface area contributed by atoms with Crippen molar-refractivity contribution in [2.75, 3.05) is 0 Å². The molecule has 1 aromatic rings. The van der Waals surface area contributed by atoms with Gasteiger partial charge in [-0.3, -0.25) is 9.59 Å². The van der Waals surface area contributed by atoms with Crippen molar-refractivity contribution in [2.45, 2.75) is 58.2 Å². The van der Waals surface area contributed by atoms with Crippen LogP contribution in [0.5, 0.6) is 0 Å². The van der Waals surface area contributed by atoms with E-state index in [2.05, 4.69) is 0 Å². The minimum absolute atomic E-state index is 0.104. The SMILES string of the molecule is CC(C)(C)N(Cc1ccccc1)C(=O)CC(=O)C[C@H](O)CC#N. The summed E-state index contributed by atoms with van der Waals surface area (Å²) in [6.07, 6.45) is -1.53. The molecule has 0 bridgehead atoms. The molecule has 0 unspecified atom stereocenters. The van der Waals surface area contributed by atoms with Crippen LogP contribution in [0.4, 0.5) is 0 Å². The molecule has 0 spiro atoms. The van der Waals surface area contributed by atoms with Crippen LogP contribution in [-0.2, 0) is 16.1 Å². The number of amides is 1. The molecule has 0 radical (unpaired) electrons. The topological polar surface area (TPSA) is 81.4 Å². The van der Waals surface area contributed by atoms with E-state index in [4.69, 9.17) is 5.26 Å². The Morgan fingerprint density at radius 1 is 1.26 bits per heavy atom. The van der Waals surface area contributed by atoms with Gasteiger partial charge in [0.15, 0.2) is 0 Å². The summed E-state index contributed by atoms with van der Waals surface area (Å²) in [5.41, 5.74) is 0.575. The second-order valence-electron chi connectivity index (χ2n) is 6.57. The predicted octanol–water partition coefficient (Wildman–Crippen LogP) is 2.44. The molecule has 1 amide bonds. The second kappa shape index (κ2) is 8.44. The van der Waals surface area contributed by atoms with Gasteiger partial charge in [-0.15, -0.1) is 0 Å². The molecule has 0 heterocycles. The molecule has 124 valence electrons. The standard InChI is InChI=1S/C18H24N2O3/c1-18(2,3)20(13-14-7-5-4-6-8-14)17(23)12-16(22)11-15(21)9-10-19/h4-8,15,21H,9,11-13H2,1-3H3/t15-/m1/s1. The van der Waals surface area contributed by atoms with Crippen LogP contribution in [0.15, 0.2) is 30.3 Å². The number of carbonyl (C=O) groups is 2. The minimum atomic E-state index is -1.00. The molecule has 23 heavy (non-hydrogen) atoms. The zero-order valence-electron chi connectivity index (χ0n) is 14.0. The third-order valence-electron chi connectivity index (χ3n) is 3.43. The molecule has 1 aromatic carbocycles. The average molecular weight is 316 g/mol. The van der Waals surface area contributed by atoms with Gasteiger partial charge < -0.3 is 10.0 Å². The molecule has 0 saturated heterocycles. The molecular formula is C18H24N2O3. The van der Waals surface area contributed by atoms with Gasteiger partial charge in [0.2, 0.25) is 5.91 Å². The van der Waals surface area contributed by atoms with E-state index < -0.39 is 11.6 Å². The summed E-state index contributed by atoms with van der Waals surface area (Å²) in [7, 11) is 0. The van der Waals surface area contributed by atoms with Crippen molar-refractivity contribution in [3.63, 3.8) is 0 Å². The number of hydrogen-bond acceptors (Lipinski definition) is 4. The molecular weight excluding hydrogens is 292 g/mol. The number of ketones is 1. The van der Waals surface area contributed by atoms with Crippen molar-refractivity contribution in [1.29, 1.82) is 5.26 Å². The molecule has 0 aromatic heterocycles. The van der Waals surface area contributed by atoms with Crippen LogP contribution in [0.1, 0.15) is 45.6 Å². The van der Waals surface area contributed by atoms with Crippen LogP contribution < -0.4 is 0 Å². The summed E-state index contributed by atoms with van der Waals surface area (Å²) in [6, 6.07) is 11.4. The first-order valence-corrected chi connectivity index (χ1v) is 7.65. The Kier molecular flexibility index (Phi) is 6.92. The van der Waals surface area contributed by atoms with Crippen molar-refractivity contribution >= 4 is 11.7 Å². The number of aliphatic hydroxyl groups is 1. The van der Waals surface area contributed by atoms with E-state index in [0.717, 1.165) is 5.56 Å². The molecule has 5 nitrogen and oxygen atoms in total. The van der Waals surface area contributed by atoms with Gasteiger partial charge >= 0.3 is 0 Å². The molecule has 0 aliphatic carbocycles. The second-order valence-corrected chi connectivity index (χ2v) is 6.57. The van der Waals surface area contributed by atoms with Gasteiger partial charge in [-0.1, -0.05) is 30.3 Å². The van der Waals surface area contributed by atoms with Crippen LogP contribution in [-0.4, -0.2) is 33.3 Å². The fourth-order valence-electron chi connectivity index (χ4n) is 2.24. The smallest absolute Gasteiger partial charge is 0.230 e. The highest BCUT2D eigenvalue weighted by atomic mass is 16.3. The van der Waals surface area contributed by atoms with Crippen LogP contribution in [0.2, 0.25) is 0 Å². The van der Waals surface area contributed by atoms with E-state index in [-0.39, 0.29) is 31.0 Å². The van der Waals surface area contributed by atoms with Crippen LogP contribution in [0.3, 0.4) is 0 Å². The number of hydrogen-bond donors (Lipinski definition) is 1. The molecule has 0 aliphatic heterocycles. The average Bonchev–Trinajstić information content (AvgIpc) is 2.44. The van der Waals surface area contributed by atoms with Crippen LogP contribution in [0, 0.1) is 11.3 Å². The molecule has 0 saturated carbocycles. The van der Waals surface area contributed by atoms with Crippen molar-refractivity contribution in [1.82, 2.24) is 4.90 Å². The Bertz CT molecular complexity index is 570. The predicted molar refractivity (Wildman–Crippen MR) is 87.2 cm³/mol. The number of nitriles is 1. The number of carbonyl (C=O) groups excluding carboxylic acids is 2. The molecule has 1 atom stereocenters. The first-order valence-electron chi connectivity index (χ1n) is 7.65. The lowest BCUT2D eigenvalue weighted by Crippen LogP contribution is -2.45. The molecule has 1 N–H and O–H groups in total. The number of Topliss-reactive ketones (excluding diaryl/α,β-unsaturated/α-hetero) is 1. The summed E-state index contributed by atoms with van der Waals surface area (Å²) in [4.78, 5) is 26.1. The van der Waals surface area contributed by atoms with Crippen molar-refractivity contribution in [3.05, 3.63) is 35.9 Å². The van der Waals surface area contributed by atoms with E-state index in [0.29, 0.717) is 6.54 Å². The highest BCUT2D eigenvalue weighted by Crippen LogP contribution is 2.19. The largest absolute Gasteiger partial charge is 0.392 e. The zero-order chi connectivity index (χ0) is 17.5. The quantitative estimate of drug-likeness (QED) is 0.783. The Hall–Kier alpha value is -2.19. The summed E-state index contributed by atoms with van der Waals surface area (Å²) < 4.78 is 0. The maximum Gasteiger partial charge on any atom is 0.230 e. The fraction of sp³-hybridized carbons (Fsp3) is 0.500. The Morgan fingerprint density at radius 3 is 2.39 bits per heavy atom. The number of aliphatic hydroxyl groups excluding tert-OH is 1. The lowest BCUT2D eigenvalue weighted by Gasteiger charge is -2.36. The van der Waals surface area contributed by atoms with Gasteiger partial charge in [-0.25, -0.2) is 0 Å². The normalized spacial score (nSPS) is 12.3. The minimum Gasteiger partial charge on any atom is -0.392 e. The molecule has 5 heteroatoms. The van der Waals surface area contributed by atoms with Gasteiger partial charge in [0.1, 0.15) is 5.78 Å². The van der Waals surface area contributed by atoms with Gasteiger partial charge in [0, 0.05) is 18.5 Å². The highest BCUT2D eigenvalue weighted by Gasteiger charge is 2.28. The van der Waals surface area contributed by atoms with E-state index in [9.17, 15) is 14.7 Å². The fourth-order valence-corrected chi connectivity index (χ4v) is 2.24. The van der Waals surface area contributed by atoms with E-state index >= 15 is 0 Å². The van der Waals surface area contributed by atoms with Gasteiger partial charge in [0.05, 0.1) is 25.0 Å². The Morgan fingerprint density at radius 2 is 1.87 bits per heavy atom. The summed E-state index contributed by atoms with van der Waals surface area (Å²) >= 11 is 0. The van der Waals surface area contributed by atoms with Crippen molar-refractivity contribution in [2.24, 2.45) is 0 Å². The van der Waals surface area contributed by atoms with E-state index in [1.165, 1.54) is 0 Å². The van der Waals surface area contributed by atoms with Gasteiger partial charge in [-0.2, -0.15) is 5.26 Å². The maximum absolute atomic E-state index is 12.5. The number of nitrogens with zero attached hydrogens (tertiary/aromatic N) is 2. The van der Waals surface area contributed by atoms with E-state index in [1.807, 2.05) is 57.2 Å². The number of benzene rings is 1. The van der Waals surface area contributed by atoms with Crippen molar-refractivity contribution in [3.8, 4) is 6.07 Å². The highest BCUT2D eigenvalue weighted by molar-refractivity contribution is 5.98. The number of rotatable bonds is 7. The van der Waals surface area contributed by atoms with Crippen LogP contribution >= 0.6 is 0 Å². The third kappa shape index (κ3) is 6.62. The Labute approximate surface area is 137 Å². The summed E-state index contributed by atoms with van der Waals surface area (Å²) in [5.74, 6) is -0.615. The molecule has 0 fully saturated rings. The van der Waals surface area contributed by atoms with Crippen LogP contribution in [0.25, 0.3) is 0 Å². The lowest BCUT2D eigenvalue weighted by atomic mass is 10.0. The van der Waals surface area contributed by atoms with Gasteiger partial charge in [0.25, 0.3) is 0 Å².